The van der Waals surface area contributed by atoms with Crippen LogP contribution in [-0.2, 0) is 9.84 Å². The normalized spacial score (nSPS) is 13.5. The molecule has 0 bridgehead atoms. The van der Waals surface area contributed by atoms with Crippen LogP contribution in [0.4, 0.5) is 0 Å². The van der Waals surface area contributed by atoms with Crippen molar-refractivity contribution >= 4 is 9.84 Å². The summed E-state index contributed by atoms with van der Waals surface area (Å²) in [4.78, 5) is 0.386. The van der Waals surface area contributed by atoms with Gasteiger partial charge in [0.25, 0.3) is 0 Å². The minimum Gasteiger partial charge on any atom is -0.310 e. The van der Waals surface area contributed by atoms with Gasteiger partial charge in [-0.15, -0.1) is 0 Å². The van der Waals surface area contributed by atoms with Crippen LogP contribution in [0.1, 0.15) is 44.7 Å². The second kappa shape index (κ2) is 6.90. The molecule has 1 atom stereocenters. The van der Waals surface area contributed by atoms with E-state index in [2.05, 4.69) is 19.2 Å². The smallest absolute Gasteiger partial charge is 0.175 e. The van der Waals surface area contributed by atoms with Crippen molar-refractivity contribution < 1.29 is 8.42 Å². The fraction of sp³-hybridized carbons (Fsp3) is 0.571. The second-order valence-corrected chi connectivity index (χ2v) is 6.65. The maximum Gasteiger partial charge on any atom is 0.175 e. The van der Waals surface area contributed by atoms with E-state index in [0.29, 0.717) is 10.9 Å². The summed E-state index contributed by atoms with van der Waals surface area (Å²) in [6.45, 7) is 5.28. The first-order valence-corrected chi connectivity index (χ1v) is 8.41. The summed E-state index contributed by atoms with van der Waals surface area (Å²) < 4.78 is 22.8. The van der Waals surface area contributed by atoms with Gasteiger partial charge >= 0.3 is 0 Å². The van der Waals surface area contributed by atoms with Gasteiger partial charge in [0.05, 0.1) is 4.90 Å². The quantitative estimate of drug-likeness (QED) is 0.828. The van der Waals surface area contributed by atoms with Crippen LogP contribution in [0, 0.1) is 0 Å². The topological polar surface area (TPSA) is 46.2 Å². The Morgan fingerprint density at radius 1 is 1.11 bits per heavy atom. The van der Waals surface area contributed by atoms with Crippen molar-refractivity contribution in [2.45, 2.75) is 44.0 Å². The van der Waals surface area contributed by atoms with Crippen molar-refractivity contribution in [2.24, 2.45) is 0 Å². The van der Waals surface area contributed by atoms with Crippen LogP contribution in [0.25, 0.3) is 0 Å². The molecule has 102 valence electrons. The lowest BCUT2D eigenvalue weighted by Gasteiger charge is -2.18. The lowest BCUT2D eigenvalue weighted by Crippen LogP contribution is -2.22. The number of nitrogens with one attached hydrogen (secondary N) is 1. The van der Waals surface area contributed by atoms with Gasteiger partial charge in [-0.2, -0.15) is 0 Å². The van der Waals surface area contributed by atoms with E-state index in [0.717, 1.165) is 31.4 Å². The first-order valence-electron chi connectivity index (χ1n) is 6.52. The summed E-state index contributed by atoms with van der Waals surface area (Å²) in [5.74, 6) is 0. The minimum absolute atomic E-state index is 0.323. The Bertz CT molecular complexity index is 451. The summed E-state index contributed by atoms with van der Waals surface area (Å²) in [5.41, 5.74) is 1.16. The van der Waals surface area contributed by atoms with Gasteiger partial charge in [-0.25, -0.2) is 8.42 Å². The van der Waals surface area contributed by atoms with E-state index in [1.165, 1.54) is 6.26 Å². The molecule has 1 N–H and O–H groups in total. The Balaban J connectivity index is 2.86. The number of rotatable bonds is 7. The third-order valence-electron chi connectivity index (χ3n) is 2.93. The van der Waals surface area contributed by atoms with Crippen LogP contribution in [0.5, 0.6) is 0 Å². The van der Waals surface area contributed by atoms with Crippen molar-refractivity contribution in [2.75, 3.05) is 12.8 Å². The van der Waals surface area contributed by atoms with Crippen LogP contribution >= 0.6 is 0 Å². The van der Waals surface area contributed by atoms with Crippen LogP contribution in [0.2, 0.25) is 0 Å². The first kappa shape index (κ1) is 15.2. The van der Waals surface area contributed by atoms with Crippen LogP contribution in [0.15, 0.2) is 29.2 Å². The highest BCUT2D eigenvalue weighted by molar-refractivity contribution is 7.90. The molecule has 0 radical (unpaired) electrons. The maximum absolute atomic E-state index is 11.4. The zero-order valence-corrected chi connectivity index (χ0v) is 12.3. The highest BCUT2D eigenvalue weighted by Gasteiger charge is 2.11. The van der Waals surface area contributed by atoms with Gasteiger partial charge in [-0.05, 0) is 37.1 Å². The molecule has 0 spiro atoms. The lowest BCUT2D eigenvalue weighted by atomic mass is 10.0. The maximum atomic E-state index is 11.4. The number of hydrogen-bond acceptors (Lipinski definition) is 3. The molecule has 18 heavy (non-hydrogen) atoms. The zero-order valence-electron chi connectivity index (χ0n) is 11.4. The molecule has 0 heterocycles. The molecule has 0 amide bonds. The molecule has 0 aliphatic carbocycles. The third kappa shape index (κ3) is 4.42. The molecular weight excluding hydrogens is 246 g/mol. The van der Waals surface area contributed by atoms with E-state index in [1.807, 2.05) is 12.1 Å². The average molecular weight is 269 g/mol. The fourth-order valence-electron chi connectivity index (χ4n) is 1.94. The molecule has 0 aliphatic heterocycles. The average Bonchev–Trinajstić information content (AvgIpc) is 2.33. The molecule has 4 heteroatoms. The largest absolute Gasteiger partial charge is 0.310 e. The van der Waals surface area contributed by atoms with Crippen LogP contribution in [-0.4, -0.2) is 21.2 Å². The van der Waals surface area contributed by atoms with E-state index in [-0.39, 0.29) is 0 Å². The van der Waals surface area contributed by atoms with Gasteiger partial charge in [0, 0.05) is 12.3 Å². The van der Waals surface area contributed by atoms with E-state index in [4.69, 9.17) is 0 Å². The van der Waals surface area contributed by atoms with Gasteiger partial charge in [-0.1, -0.05) is 32.4 Å². The molecule has 0 saturated carbocycles. The monoisotopic (exact) mass is 269 g/mol. The van der Waals surface area contributed by atoms with Gasteiger partial charge < -0.3 is 5.32 Å². The molecule has 1 aromatic rings. The van der Waals surface area contributed by atoms with Crippen molar-refractivity contribution in [1.82, 2.24) is 5.32 Å². The minimum atomic E-state index is -3.09. The fourth-order valence-corrected chi connectivity index (χ4v) is 2.57. The van der Waals surface area contributed by atoms with Crippen LogP contribution in [0.3, 0.4) is 0 Å². The standard InChI is InChI=1S/C14H23NO2S/c1-4-6-14(15-11-5-2)12-7-9-13(10-8-12)18(3,16)17/h7-10,14-15H,4-6,11H2,1-3H3. The van der Waals surface area contributed by atoms with Gasteiger partial charge in [-0.3, -0.25) is 0 Å². The lowest BCUT2D eigenvalue weighted by molar-refractivity contribution is 0.493. The van der Waals surface area contributed by atoms with Crippen LogP contribution < -0.4 is 5.32 Å². The third-order valence-corrected chi connectivity index (χ3v) is 4.06. The van der Waals surface area contributed by atoms with E-state index in [9.17, 15) is 8.42 Å². The molecule has 1 unspecified atom stereocenters. The SMILES string of the molecule is CCCNC(CCC)c1ccc(S(C)(=O)=O)cc1. The highest BCUT2D eigenvalue weighted by Crippen LogP contribution is 2.20. The summed E-state index contributed by atoms with van der Waals surface area (Å²) in [6, 6.07) is 7.55. The van der Waals surface area contributed by atoms with Gasteiger partial charge in [0.15, 0.2) is 9.84 Å². The second-order valence-electron chi connectivity index (χ2n) is 4.64. The van der Waals surface area contributed by atoms with Crippen molar-refractivity contribution in [3.63, 3.8) is 0 Å². The molecule has 0 aliphatic rings. The molecular formula is C14H23NO2S. The summed E-state index contributed by atoms with van der Waals surface area (Å²) in [5, 5.41) is 3.50. The van der Waals surface area contributed by atoms with Gasteiger partial charge in [0.1, 0.15) is 0 Å². The Labute approximate surface area is 111 Å². The summed E-state index contributed by atoms with van der Waals surface area (Å²) in [6.07, 6.45) is 4.51. The predicted octanol–water partition coefficient (Wildman–Crippen LogP) is 2.93. The molecule has 0 fully saturated rings. The Kier molecular flexibility index (Phi) is 5.82. The number of benzene rings is 1. The highest BCUT2D eigenvalue weighted by atomic mass is 32.2. The number of hydrogen-bond donors (Lipinski definition) is 1. The van der Waals surface area contributed by atoms with E-state index in [1.54, 1.807) is 12.1 Å². The van der Waals surface area contributed by atoms with Crippen molar-refractivity contribution in [3.8, 4) is 0 Å². The zero-order chi connectivity index (χ0) is 13.6. The summed E-state index contributed by atoms with van der Waals surface area (Å²) in [7, 11) is -3.09. The van der Waals surface area contributed by atoms with E-state index >= 15 is 0 Å². The molecule has 1 rings (SSSR count). The Morgan fingerprint density at radius 3 is 2.17 bits per heavy atom. The number of sulfone groups is 1. The Hall–Kier alpha value is -0.870. The molecule has 1 aromatic carbocycles. The Morgan fingerprint density at radius 2 is 1.72 bits per heavy atom. The first-order chi connectivity index (χ1) is 8.49. The van der Waals surface area contributed by atoms with E-state index < -0.39 is 9.84 Å². The summed E-state index contributed by atoms with van der Waals surface area (Å²) >= 11 is 0. The predicted molar refractivity (Wildman–Crippen MR) is 75.5 cm³/mol. The van der Waals surface area contributed by atoms with Crippen molar-refractivity contribution in [3.05, 3.63) is 29.8 Å². The van der Waals surface area contributed by atoms with Crippen molar-refractivity contribution in [1.29, 1.82) is 0 Å². The molecule has 0 saturated heterocycles. The van der Waals surface area contributed by atoms with Gasteiger partial charge in [0.2, 0.25) is 0 Å². The molecule has 3 nitrogen and oxygen atoms in total. The molecule has 0 aromatic heterocycles.